The van der Waals surface area contributed by atoms with Crippen LogP contribution in [0.25, 0.3) is 0 Å². The van der Waals surface area contributed by atoms with Crippen LogP contribution in [-0.4, -0.2) is 23.5 Å². The average Bonchev–Trinajstić information content (AvgIpc) is 2.15. The van der Waals surface area contributed by atoms with Crippen molar-refractivity contribution in [1.29, 1.82) is 0 Å². The molecule has 1 heterocycles. The molecule has 0 atom stereocenters. The van der Waals surface area contributed by atoms with E-state index in [-0.39, 0.29) is 0 Å². The lowest BCUT2D eigenvalue weighted by Crippen LogP contribution is -2.07. The summed E-state index contributed by atoms with van der Waals surface area (Å²) >= 11 is 1.85. The van der Waals surface area contributed by atoms with Crippen LogP contribution in [0.5, 0.6) is 0 Å². The van der Waals surface area contributed by atoms with Gasteiger partial charge in [0.25, 0.3) is 0 Å². The number of aryl methyl sites for hydroxylation is 1. The minimum Gasteiger partial charge on any atom is -0.396 e. The molecule has 1 aromatic heterocycles. The van der Waals surface area contributed by atoms with Crippen molar-refractivity contribution in [2.75, 3.05) is 29.6 Å². The summed E-state index contributed by atoms with van der Waals surface area (Å²) in [5, 5.41) is 3.23. The topological polar surface area (TPSA) is 50.9 Å². The van der Waals surface area contributed by atoms with Gasteiger partial charge in [0.1, 0.15) is 5.82 Å². The third-order valence-electron chi connectivity index (χ3n) is 1.87. The van der Waals surface area contributed by atoms with Crippen LogP contribution in [0.1, 0.15) is 12.0 Å². The van der Waals surface area contributed by atoms with Crippen LogP contribution in [0.3, 0.4) is 0 Å². The average molecular weight is 211 g/mol. The second-order valence-electron chi connectivity index (χ2n) is 3.22. The molecule has 0 aromatic carbocycles. The van der Waals surface area contributed by atoms with E-state index in [9.17, 15) is 0 Å². The number of nitrogen functional groups attached to an aromatic ring is 1. The summed E-state index contributed by atoms with van der Waals surface area (Å²) in [4.78, 5) is 4.23. The van der Waals surface area contributed by atoms with Crippen molar-refractivity contribution in [1.82, 2.24) is 4.98 Å². The Morgan fingerprint density at radius 1 is 1.57 bits per heavy atom. The lowest BCUT2D eigenvalue weighted by atomic mass is 10.3. The van der Waals surface area contributed by atoms with E-state index < -0.39 is 0 Å². The Morgan fingerprint density at radius 2 is 2.36 bits per heavy atom. The second kappa shape index (κ2) is 5.75. The Morgan fingerprint density at radius 3 is 3.00 bits per heavy atom. The van der Waals surface area contributed by atoms with Crippen LogP contribution in [0.15, 0.2) is 12.3 Å². The van der Waals surface area contributed by atoms with Crippen LogP contribution in [0.4, 0.5) is 11.5 Å². The Hall–Kier alpha value is -0.900. The quantitative estimate of drug-likeness (QED) is 0.733. The van der Waals surface area contributed by atoms with Gasteiger partial charge in [-0.05, 0) is 37.0 Å². The highest BCUT2D eigenvalue weighted by Gasteiger charge is 1.98. The highest BCUT2D eigenvalue weighted by atomic mass is 32.2. The number of rotatable bonds is 5. The van der Waals surface area contributed by atoms with Crippen LogP contribution in [-0.2, 0) is 0 Å². The number of thioether (sulfide) groups is 1. The SMILES string of the molecule is CSCCCNc1ncc(C)cc1N. The van der Waals surface area contributed by atoms with Crippen LogP contribution in [0, 0.1) is 6.92 Å². The van der Waals surface area contributed by atoms with Gasteiger partial charge in [0, 0.05) is 12.7 Å². The summed E-state index contributed by atoms with van der Waals surface area (Å²) < 4.78 is 0. The Kier molecular flexibility index (Phi) is 4.59. The van der Waals surface area contributed by atoms with E-state index >= 15 is 0 Å². The number of aromatic nitrogens is 1. The Labute approximate surface area is 89.5 Å². The summed E-state index contributed by atoms with van der Waals surface area (Å²) in [6.45, 7) is 2.92. The van der Waals surface area contributed by atoms with Crippen LogP contribution in [0.2, 0.25) is 0 Å². The molecule has 1 rings (SSSR count). The van der Waals surface area contributed by atoms with Gasteiger partial charge in [0.05, 0.1) is 5.69 Å². The highest BCUT2D eigenvalue weighted by molar-refractivity contribution is 7.98. The van der Waals surface area contributed by atoms with Gasteiger partial charge < -0.3 is 11.1 Å². The molecule has 0 bridgehead atoms. The molecule has 0 aliphatic heterocycles. The maximum absolute atomic E-state index is 5.81. The normalized spacial score (nSPS) is 10.1. The molecular weight excluding hydrogens is 194 g/mol. The predicted octanol–water partition coefficient (Wildman–Crippen LogP) is 2.14. The van der Waals surface area contributed by atoms with Crippen molar-refractivity contribution in [2.45, 2.75) is 13.3 Å². The maximum atomic E-state index is 5.81. The molecule has 0 unspecified atom stereocenters. The zero-order valence-corrected chi connectivity index (χ0v) is 9.53. The van der Waals surface area contributed by atoms with Crippen molar-refractivity contribution >= 4 is 23.3 Å². The van der Waals surface area contributed by atoms with Gasteiger partial charge in [-0.15, -0.1) is 0 Å². The molecule has 78 valence electrons. The molecule has 1 aromatic rings. The van der Waals surface area contributed by atoms with Gasteiger partial charge in [-0.2, -0.15) is 11.8 Å². The monoisotopic (exact) mass is 211 g/mol. The largest absolute Gasteiger partial charge is 0.396 e. The van der Waals surface area contributed by atoms with E-state index in [0.29, 0.717) is 0 Å². The van der Waals surface area contributed by atoms with Gasteiger partial charge in [-0.1, -0.05) is 0 Å². The van der Waals surface area contributed by atoms with Crippen molar-refractivity contribution in [3.8, 4) is 0 Å². The van der Waals surface area contributed by atoms with Gasteiger partial charge in [0.2, 0.25) is 0 Å². The fourth-order valence-electron chi connectivity index (χ4n) is 1.16. The first-order valence-corrected chi connectivity index (χ1v) is 6.08. The summed E-state index contributed by atoms with van der Waals surface area (Å²) in [7, 11) is 0. The van der Waals surface area contributed by atoms with Gasteiger partial charge in [0.15, 0.2) is 0 Å². The molecule has 0 fully saturated rings. The lowest BCUT2D eigenvalue weighted by molar-refractivity contribution is 0.982. The summed E-state index contributed by atoms with van der Waals surface area (Å²) in [6.07, 6.45) is 5.07. The van der Waals surface area contributed by atoms with Crippen molar-refractivity contribution in [3.05, 3.63) is 17.8 Å². The van der Waals surface area contributed by atoms with Gasteiger partial charge in [-0.25, -0.2) is 4.98 Å². The Balaban J connectivity index is 2.42. The molecule has 0 spiro atoms. The van der Waals surface area contributed by atoms with E-state index in [0.717, 1.165) is 30.0 Å². The first-order chi connectivity index (χ1) is 6.74. The lowest BCUT2D eigenvalue weighted by Gasteiger charge is -2.07. The maximum Gasteiger partial charge on any atom is 0.149 e. The molecular formula is C10H17N3S. The molecule has 0 radical (unpaired) electrons. The van der Waals surface area contributed by atoms with Crippen molar-refractivity contribution in [2.24, 2.45) is 0 Å². The molecule has 0 saturated carbocycles. The van der Waals surface area contributed by atoms with Crippen LogP contribution >= 0.6 is 11.8 Å². The number of nitrogens with one attached hydrogen (secondary N) is 1. The predicted molar refractivity (Wildman–Crippen MR) is 64.9 cm³/mol. The summed E-state index contributed by atoms with van der Waals surface area (Å²) in [5.41, 5.74) is 7.63. The minimum absolute atomic E-state index is 0.731. The first kappa shape index (κ1) is 11.2. The number of hydrogen-bond donors (Lipinski definition) is 2. The third kappa shape index (κ3) is 3.46. The fraction of sp³-hybridized carbons (Fsp3) is 0.500. The molecule has 0 aliphatic carbocycles. The van der Waals surface area contributed by atoms with E-state index in [1.807, 2.05) is 30.9 Å². The first-order valence-electron chi connectivity index (χ1n) is 4.69. The molecule has 14 heavy (non-hydrogen) atoms. The number of nitrogens with two attached hydrogens (primary N) is 1. The van der Waals surface area contributed by atoms with Gasteiger partial charge >= 0.3 is 0 Å². The fourth-order valence-corrected chi connectivity index (χ4v) is 1.60. The van der Waals surface area contributed by atoms with Crippen molar-refractivity contribution in [3.63, 3.8) is 0 Å². The standard InChI is InChI=1S/C10H17N3S/c1-8-6-9(11)10(13-7-8)12-4-3-5-14-2/h6-7H,3-5,11H2,1-2H3,(H,12,13). The molecule has 3 N–H and O–H groups in total. The highest BCUT2D eigenvalue weighted by Crippen LogP contribution is 2.15. The second-order valence-corrected chi connectivity index (χ2v) is 4.21. The molecule has 0 aliphatic rings. The summed E-state index contributed by atoms with van der Waals surface area (Å²) in [5.74, 6) is 1.97. The molecule has 3 nitrogen and oxygen atoms in total. The van der Waals surface area contributed by atoms with E-state index in [2.05, 4.69) is 16.6 Å². The zero-order valence-electron chi connectivity index (χ0n) is 8.71. The van der Waals surface area contributed by atoms with Gasteiger partial charge in [-0.3, -0.25) is 0 Å². The number of pyridine rings is 1. The van der Waals surface area contributed by atoms with E-state index in [1.54, 1.807) is 0 Å². The molecule has 0 amide bonds. The third-order valence-corrected chi connectivity index (χ3v) is 2.57. The minimum atomic E-state index is 0.731. The molecule has 0 saturated heterocycles. The molecule has 4 heteroatoms. The number of hydrogen-bond acceptors (Lipinski definition) is 4. The van der Waals surface area contributed by atoms with Crippen molar-refractivity contribution < 1.29 is 0 Å². The number of anilines is 2. The summed E-state index contributed by atoms with van der Waals surface area (Å²) in [6, 6.07) is 1.93. The Bertz CT molecular complexity index is 289. The zero-order chi connectivity index (χ0) is 10.4. The van der Waals surface area contributed by atoms with Crippen LogP contribution < -0.4 is 11.1 Å². The van der Waals surface area contributed by atoms with E-state index in [4.69, 9.17) is 5.73 Å². The smallest absolute Gasteiger partial charge is 0.149 e. The van der Waals surface area contributed by atoms with E-state index in [1.165, 1.54) is 5.75 Å². The number of nitrogens with zero attached hydrogens (tertiary/aromatic N) is 1.